The summed E-state index contributed by atoms with van der Waals surface area (Å²) >= 11 is 10.3. The van der Waals surface area contributed by atoms with Crippen molar-refractivity contribution in [3.63, 3.8) is 0 Å². The number of H-pyrrole nitrogens is 1. The number of halogens is 3. The first-order chi connectivity index (χ1) is 11.0. The molecule has 4 nitrogen and oxygen atoms in total. The molecule has 3 rings (SSSR count). The summed E-state index contributed by atoms with van der Waals surface area (Å²) in [5.41, 5.74) is 2.77. The van der Waals surface area contributed by atoms with Crippen molar-refractivity contribution >= 4 is 64.4 Å². The number of aromatic amines is 1. The van der Waals surface area contributed by atoms with Gasteiger partial charge in [-0.2, -0.15) is 5.26 Å². The minimum atomic E-state index is -0.710. The van der Waals surface area contributed by atoms with Crippen molar-refractivity contribution in [3.8, 4) is 6.07 Å². The molecule has 0 unspecified atom stereocenters. The third kappa shape index (κ3) is 3.22. The molecule has 0 radical (unpaired) electrons. The number of fused-ring (bicyclic) bond motifs is 1. The topological polar surface area (TPSA) is 72.7 Å². The molecule has 1 aliphatic carbocycles. The van der Waals surface area contributed by atoms with Crippen LogP contribution in [-0.4, -0.2) is 26.0 Å². The van der Waals surface area contributed by atoms with E-state index in [2.05, 4.69) is 63.8 Å². The summed E-state index contributed by atoms with van der Waals surface area (Å²) in [5, 5.41) is 19.7. The van der Waals surface area contributed by atoms with Crippen LogP contribution >= 0.6 is 47.8 Å². The minimum absolute atomic E-state index is 0.194. The molecule has 116 valence electrons. The number of aliphatic hydroxyl groups excluding tert-OH is 1. The van der Waals surface area contributed by atoms with Gasteiger partial charge in [0.25, 0.3) is 0 Å². The zero-order valence-corrected chi connectivity index (χ0v) is 16.4. The van der Waals surface area contributed by atoms with Crippen LogP contribution in [-0.2, 0) is 0 Å². The van der Waals surface area contributed by atoms with E-state index in [1.165, 1.54) is 0 Å². The van der Waals surface area contributed by atoms with Crippen molar-refractivity contribution in [3.05, 3.63) is 56.8 Å². The molecule has 2 N–H and O–H groups in total. The Hall–Kier alpha value is -1.20. The number of aromatic nitrogens is 2. The fraction of sp³-hybridized carbons (Fsp3) is 0.125. The number of allylic oxidation sites excluding steroid dienone is 4. The van der Waals surface area contributed by atoms with Crippen LogP contribution in [0.3, 0.4) is 0 Å². The molecule has 0 spiro atoms. The number of nitrogens with one attached hydrogen (secondary N) is 1. The van der Waals surface area contributed by atoms with Gasteiger partial charge in [0.2, 0.25) is 0 Å². The molecule has 1 heterocycles. The second-order valence-corrected chi connectivity index (χ2v) is 7.70. The van der Waals surface area contributed by atoms with Gasteiger partial charge in [0.1, 0.15) is 18.0 Å². The predicted molar refractivity (Wildman–Crippen MR) is 101 cm³/mol. The van der Waals surface area contributed by atoms with E-state index in [1.54, 1.807) is 6.08 Å². The molecule has 0 fully saturated rings. The van der Waals surface area contributed by atoms with E-state index in [0.29, 0.717) is 21.5 Å². The maximum Gasteiger partial charge on any atom is 0.149 e. The Bertz CT molecular complexity index is 872. The van der Waals surface area contributed by atoms with Gasteiger partial charge in [-0.25, -0.2) is 4.98 Å². The molecule has 0 saturated carbocycles. The third-order valence-electron chi connectivity index (χ3n) is 3.44. The Kier molecular flexibility index (Phi) is 4.87. The molecule has 2 atom stereocenters. The Labute approximate surface area is 158 Å². The standard InChI is InChI=1S/C16H10Br3N3O/c17-10-6-11(18)15(23)14(19)9(10)5-8(7-20)16-21-12-3-1-2-4-13(12)22-16/h1-6,11,15,23H,(H,21,22)/b8-5+/t11-,15-/m1/s1. The zero-order chi connectivity index (χ0) is 16.6. The van der Waals surface area contributed by atoms with Crippen LogP contribution < -0.4 is 0 Å². The number of imidazole rings is 1. The molecule has 0 amide bonds. The number of hydrogen-bond acceptors (Lipinski definition) is 3. The molecular weight excluding hydrogens is 490 g/mol. The Morgan fingerprint density at radius 1 is 1.35 bits per heavy atom. The van der Waals surface area contributed by atoms with Crippen LogP contribution in [0.1, 0.15) is 5.82 Å². The van der Waals surface area contributed by atoms with E-state index >= 15 is 0 Å². The van der Waals surface area contributed by atoms with Crippen LogP contribution in [0.2, 0.25) is 0 Å². The summed E-state index contributed by atoms with van der Waals surface area (Å²) < 4.78 is 1.40. The highest BCUT2D eigenvalue weighted by Crippen LogP contribution is 2.37. The summed E-state index contributed by atoms with van der Waals surface area (Å²) in [7, 11) is 0. The lowest BCUT2D eigenvalue weighted by molar-refractivity contribution is 0.228. The number of nitriles is 1. The highest BCUT2D eigenvalue weighted by atomic mass is 79.9. The fourth-order valence-electron chi connectivity index (χ4n) is 2.25. The van der Waals surface area contributed by atoms with Crippen LogP contribution in [0.4, 0.5) is 0 Å². The van der Waals surface area contributed by atoms with E-state index in [-0.39, 0.29) is 4.83 Å². The molecular formula is C16H10Br3N3O. The Morgan fingerprint density at radius 2 is 2.09 bits per heavy atom. The lowest BCUT2D eigenvalue weighted by atomic mass is 10.0. The number of benzene rings is 1. The number of aliphatic hydroxyl groups is 1. The normalized spacial score (nSPS) is 22.2. The first-order valence-electron chi connectivity index (χ1n) is 6.67. The average Bonchev–Trinajstić information content (AvgIpc) is 2.96. The van der Waals surface area contributed by atoms with Crippen LogP contribution in [0.5, 0.6) is 0 Å². The van der Waals surface area contributed by atoms with Gasteiger partial charge in [-0.1, -0.05) is 66.0 Å². The molecule has 7 heteroatoms. The van der Waals surface area contributed by atoms with Crippen LogP contribution in [0.25, 0.3) is 16.6 Å². The summed E-state index contributed by atoms with van der Waals surface area (Å²) in [6.45, 7) is 0. The zero-order valence-electron chi connectivity index (χ0n) is 11.6. The molecule has 0 aliphatic heterocycles. The second-order valence-electron chi connectivity index (χ2n) is 4.94. The Balaban J connectivity index is 2.09. The van der Waals surface area contributed by atoms with Crippen LogP contribution in [0.15, 0.2) is 51.0 Å². The van der Waals surface area contributed by atoms with Crippen molar-refractivity contribution in [2.75, 3.05) is 0 Å². The number of hydrogen-bond donors (Lipinski definition) is 2. The number of alkyl halides is 1. The highest BCUT2D eigenvalue weighted by Gasteiger charge is 2.26. The molecule has 0 bridgehead atoms. The van der Waals surface area contributed by atoms with Crippen molar-refractivity contribution in [2.24, 2.45) is 0 Å². The average molecular weight is 500 g/mol. The molecule has 0 saturated heterocycles. The van der Waals surface area contributed by atoms with Gasteiger partial charge in [0.05, 0.1) is 21.4 Å². The predicted octanol–water partition coefficient (Wildman–Crippen LogP) is 4.54. The lowest BCUT2D eigenvalue weighted by Crippen LogP contribution is -2.23. The molecule has 1 aliphatic rings. The summed E-state index contributed by atoms with van der Waals surface area (Å²) in [5.74, 6) is 0.497. The Morgan fingerprint density at radius 3 is 2.78 bits per heavy atom. The molecule has 23 heavy (non-hydrogen) atoms. The fourth-order valence-corrected chi connectivity index (χ4v) is 4.98. The number of rotatable bonds is 2. The van der Waals surface area contributed by atoms with Gasteiger partial charge in [0, 0.05) is 14.5 Å². The summed E-state index contributed by atoms with van der Waals surface area (Å²) in [6.07, 6.45) is 2.83. The van der Waals surface area contributed by atoms with Crippen molar-refractivity contribution in [2.45, 2.75) is 10.9 Å². The highest BCUT2D eigenvalue weighted by molar-refractivity contribution is 9.12. The maximum absolute atomic E-state index is 10.2. The molecule has 2 aromatic rings. The van der Waals surface area contributed by atoms with Gasteiger partial charge >= 0.3 is 0 Å². The van der Waals surface area contributed by atoms with Crippen molar-refractivity contribution < 1.29 is 5.11 Å². The third-order valence-corrected chi connectivity index (χ3v) is 5.79. The summed E-state index contributed by atoms with van der Waals surface area (Å²) in [6, 6.07) is 9.76. The van der Waals surface area contributed by atoms with E-state index in [1.807, 2.05) is 30.3 Å². The minimum Gasteiger partial charge on any atom is -0.386 e. The van der Waals surface area contributed by atoms with E-state index in [0.717, 1.165) is 15.5 Å². The van der Waals surface area contributed by atoms with Gasteiger partial charge < -0.3 is 10.1 Å². The smallest absolute Gasteiger partial charge is 0.149 e. The number of para-hydroxylation sites is 2. The largest absolute Gasteiger partial charge is 0.386 e. The first kappa shape index (κ1) is 16.7. The SMILES string of the molecule is N#C/C(=C\C1=C(Br)[C@H](O)[C@H](Br)C=C1Br)c1nc2ccccc2[nH]1. The second kappa shape index (κ2) is 6.73. The van der Waals surface area contributed by atoms with Gasteiger partial charge in [0.15, 0.2) is 0 Å². The quantitative estimate of drug-likeness (QED) is 0.471. The maximum atomic E-state index is 10.2. The monoisotopic (exact) mass is 497 g/mol. The van der Waals surface area contributed by atoms with Gasteiger partial charge in [-0.15, -0.1) is 0 Å². The van der Waals surface area contributed by atoms with Gasteiger partial charge in [-0.05, 0) is 18.2 Å². The first-order valence-corrected chi connectivity index (χ1v) is 9.18. The molecule has 1 aromatic carbocycles. The van der Waals surface area contributed by atoms with Crippen molar-refractivity contribution in [1.29, 1.82) is 5.26 Å². The lowest BCUT2D eigenvalue weighted by Gasteiger charge is -2.22. The van der Waals surface area contributed by atoms with E-state index in [4.69, 9.17) is 0 Å². The number of nitrogens with zero attached hydrogens (tertiary/aromatic N) is 2. The van der Waals surface area contributed by atoms with Crippen LogP contribution in [0, 0.1) is 11.3 Å². The summed E-state index contributed by atoms with van der Waals surface area (Å²) in [4.78, 5) is 7.39. The van der Waals surface area contributed by atoms with E-state index < -0.39 is 6.10 Å². The van der Waals surface area contributed by atoms with Gasteiger partial charge in [-0.3, -0.25) is 0 Å². The van der Waals surface area contributed by atoms with Crippen molar-refractivity contribution in [1.82, 2.24) is 9.97 Å². The molecule has 1 aromatic heterocycles. The van der Waals surface area contributed by atoms with E-state index in [9.17, 15) is 10.4 Å².